The van der Waals surface area contributed by atoms with E-state index in [4.69, 9.17) is 27.9 Å². The molecule has 2 N–H and O–H groups in total. The summed E-state index contributed by atoms with van der Waals surface area (Å²) in [6, 6.07) is 11.6. The van der Waals surface area contributed by atoms with E-state index in [1.54, 1.807) is 36.4 Å². The lowest BCUT2D eigenvalue weighted by Gasteiger charge is -2.23. The fraction of sp³-hybridized carbons (Fsp3) is 0.222. The highest BCUT2D eigenvalue weighted by Gasteiger charge is 2.36. The molecule has 0 aliphatic carbocycles. The van der Waals surface area contributed by atoms with Crippen molar-refractivity contribution in [2.24, 2.45) is 5.41 Å². The van der Waals surface area contributed by atoms with Gasteiger partial charge in [-0.25, -0.2) is 0 Å². The number of amides is 2. The van der Waals surface area contributed by atoms with Crippen LogP contribution in [0.4, 0.5) is 11.4 Å². The van der Waals surface area contributed by atoms with Crippen molar-refractivity contribution in [2.75, 3.05) is 17.7 Å². The molecule has 0 saturated carbocycles. The Bertz CT molecular complexity index is 807. The third-order valence-corrected chi connectivity index (χ3v) is 4.38. The van der Waals surface area contributed by atoms with E-state index < -0.39 is 17.2 Å². The van der Waals surface area contributed by atoms with Crippen LogP contribution in [0.1, 0.15) is 13.8 Å². The summed E-state index contributed by atoms with van der Waals surface area (Å²) in [5.41, 5.74) is -0.309. The van der Waals surface area contributed by atoms with Gasteiger partial charge in [0.15, 0.2) is 0 Å². The molecule has 2 amide bonds. The molecule has 0 aliphatic rings. The van der Waals surface area contributed by atoms with Crippen LogP contribution in [0.2, 0.25) is 10.0 Å². The summed E-state index contributed by atoms with van der Waals surface area (Å²) < 4.78 is 5.12. The van der Waals surface area contributed by atoms with Crippen LogP contribution >= 0.6 is 23.2 Å². The third-order valence-electron chi connectivity index (χ3n) is 3.64. The molecule has 2 aromatic rings. The van der Waals surface area contributed by atoms with E-state index in [0.717, 1.165) is 0 Å². The summed E-state index contributed by atoms with van der Waals surface area (Å²) in [4.78, 5) is 25.0. The summed E-state index contributed by atoms with van der Waals surface area (Å²) in [5, 5.41) is 6.09. The van der Waals surface area contributed by atoms with Gasteiger partial charge in [-0.05, 0) is 44.2 Å². The second kappa shape index (κ2) is 7.76. The van der Waals surface area contributed by atoms with Gasteiger partial charge in [0.1, 0.15) is 11.2 Å². The monoisotopic (exact) mass is 380 g/mol. The molecule has 0 atom stereocenters. The van der Waals surface area contributed by atoms with E-state index >= 15 is 0 Å². The first-order valence-electron chi connectivity index (χ1n) is 7.46. The van der Waals surface area contributed by atoms with E-state index in [-0.39, 0.29) is 0 Å². The van der Waals surface area contributed by atoms with Gasteiger partial charge in [-0.15, -0.1) is 0 Å². The van der Waals surface area contributed by atoms with Gasteiger partial charge in [-0.2, -0.15) is 0 Å². The first-order valence-corrected chi connectivity index (χ1v) is 8.21. The van der Waals surface area contributed by atoms with Crippen molar-refractivity contribution >= 4 is 46.4 Å². The number of methoxy groups -OCH3 is 1. The maximum absolute atomic E-state index is 12.5. The number of carbonyl (C=O) groups excluding carboxylic acids is 2. The summed E-state index contributed by atoms with van der Waals surface area (Å²) in [6.07, 6.45) is 0. The smallest absolute Gasteiger partial charge is 0.239 e. The Morgan fingerprint density at radius 1 is 0.920 bits per heavy atom. The number of carbonyl (C=O) groups is 2. The van der Waals surface area contributed by atoms with E-state index in [1.165, 1.54) is 27.0 Å². The van der Waals surface area contributed by atoms with Crippen LogP contribution in [0.3, 0.4) is 0 Å². The van der Waals surface area contributed by atoms with Gasteiger partial charge < -0.3 is 15.4 Å². The minimum atomic E-state index is -1.31. The van der Waals surface area contributed by atoms with Crippen molar-refractivity contribution < 1.29 is 14.3 Å². The number of hydrogen-bond donors (Lipinski definition) is 2. The van der Waals surface area contributed by atoms with Crippen LogP contribution in [-0.2, 0) is 9.59 Å². The van der Waals surface area contributed by atoms with Crippen LogP contribution < -0.4 is 15.4 Å². The van der Waals surface area contributed by atoms with Gasteiger partial charge in [0, 0.05) is 17.4 Å². The quantitative estimate of drug-likeness (QED) is 0.744. The minimum Gasteiger partial charge on any atom is -0.497 e. The summed E-state index contributed by atoms with van der Waals surface area (Å²) >= 11 is 11.8. The highest BCUT2D eigenvalue weighted by atomic mass is 35.5. The Morgan fingerprint density at radius 2 is 1.52 bits per heavy atom. The number of halogens is 2. The highest BCUT2D eigenvalue weighted by molar-refractivity contribution is 6.42. The Hall–Kier alpha value is -2.24. The van der Waals surface area contributed by atoms with Crippen LogP contribution in [0.25, 0.3) is 0 Å². The van der Waals surface area contributed by atoms with Crippen LogP contribution in [-0.4, -0.2) is 18.9 Å². The third kappa shape index (κ3) is 4.65. The molecular formula is C18H18Cl2N2O3. The van der Waals surface area contributed by atoms with Gasteiger partial charge in [0.2, 0.25) is 11.8 Å². The lowest BCUT2D eigenvalue weighted by Crippen LogP contribution is -2.41. The SMILES string of the molecule is COc1cccc(NC(=O)C(C)(C)C(=O)Nc2ccc(Cl)c(Cl)c2)c1. The molecule has 2 aromatic carbocycles. The van der Waals surface area contributed by atoms with E-state index in [1.807, 2.05) is 0 Å². The zero-order chi connectivity index (χ0) is 18.6. The molecule has 0 heterocycles. The Kier molecular flexibility index (Phi) is 5.93. The van der Waals surface area contributed by atoms with Gasteiger partial charge in [-0.3, -0.25) is 9.59 Å². The average Bonchev–Trinajstić information content (AvgIpc) is 2.58. The van der Waals surface area contributed by atoms with Crippen molar-refractivity contribution in [1.29, 1.82) is 0 Å². The first-order chi connectivity index (χ1) is 11.7. The highest BCUT2D eigenvalue weighted by Crippen LogP contribution is 2.27. The van der Waals surface area contributed by atoms with Crippen molar-refractivity contribution in [2.45, 2.75) is 13.8 Å². The molecule has 2 rings (SSSR count). The fourth-order valence-corrected chi connectivity index (χ4v) is 2.25. The van der Waals surface area contributed by atoms with Crippen LogP contribution in [0.5, 0.6) is 5.75 Å². The molecule has 0 spiro atoms. The Balaban J connectivity index is 2.11. The molecule has 0 bridgehead atoms. The molecule has 25 heavy (non-hydrogen) atoms. The average molecular weight is 381 g/mol. The van der Waals surface area contributed by atoms with Crippen molar-refractivity contribution in [3.63, 3.8) is 0 Å². The summed E-state index contributed by atoms with van der Waals surface area (Å²) in [5.74, 6) is -0.305. The molecule has 132 valence electrons. The minimum absolute atomic E-state index is 0.318. The molecule has 7 heteroatoms. The molecular weight excluding hydrogens is 363 g/mol. The van der Waals surface area contributed by atoms with Gasteiger partial charge >= 0.3 is 0 Å². The lowest BCUT2D eigenvalue weighted by molar-refractivity contribution is -0.135. The van der Waals surface area contributed by atoms with Crippen molar-refractivity contribution in [3.8, 4) is 5.75 Å². The largest absolute Gasteiger partial charge is 0.497 e. The molecule has 0 fully saturated rings. The fourth-order valence-electron chi connectivity index (χ4n) is 1.95. The van der Waals surface area contributed by atoms with Crippen LogP contribution in [0.15, 0.2) is 42.5 Å². The van der Waals surface area contributed by atoms with E-state index in [9.17, 15) is 9.59 Å². The standard InChI is InChI=1S/C18H18Cl2N2O3/c1-18(2,16(23)21-11-5-4-6-13(9-11)25-3)17(24)22-12-7-8-14(19)15(20)10-12/h4-10H,1-3H3,(H,21,23)(H,22,24). The Morgan fingerprint density at radius 3 is 2.08 bits per heavy atom. The van der Waals surface area contributed by atoms with Crippen molar-refractivity contribution in [1.82, 2.24) is 0 Å². The van der Waals surface area contributed by atoms with Gasteiger partial charge in [0.05, 0.1) is 17.2 Å². The number of rotatable bonds is 5. The van der Waals surface area contributed by atoms with Crippen LogP contribution in [0, 0.1) is 5.41 Å². The molecule has 0 radical (unpaired) electrons. The summed E-state index contributed by atoms with van der Waals surface area (Å²) in [6.45, 7) is 3.07. The maximum Gasteiger partial charge on any atom is 0.239 e. The predicted molar refractivity (Wildman–Crippen MR) is 100 cm³/mol. The normalized spacial score (nSPS) is 10.9. The molecule has 0 unspecified atom stereocenters. The molecule has 5 nitrogen and oxygen atoms in total. The first kappa shape index (κ1) is 19.1. The summed E-state index contributed by atoms with van der Waals surface area (Å²) in [7, 11) is 1.54. The Labute approximate surface area is 156 Å². The second-order valence-corrected chi connectivity index (χ2v) is 6.71. The molecule has 0 aromatic heterocycles. The lowest BCUT2D eigenvalue weighted by atomic mass is 9.90. The number of hydrogen-bond acceptors (Lipinski definition) is 3. The number of nitrogens with one attached hydrogen (secondary N) is 2. The number of anilines is 2. The topological polar surface area (TPSA) is 67.4 Å². The van der Waals surface area contributed by atoms with E-state index in [2.05, 4.69) is 10.6 Å². The molecule has 0 saturated heterocycles. The maximum atomic E-state index is 12.5. The number of benzene rings is 2. The predicted octanol–water partition coefficient (Wildman–Crippen LogP) is 4.61. The van der Waals surface area contributed by atoms with E-state index in [0.29, 0.717) is 27.2 Å². The molecule has 0 aliphatic heterocycles. The van der Waals surface area contributed by atoms with Crippen molar-refractivity contribution in [3.05, 3.63) is 52.5 Å². The zero-order valence-corrected chi connectivity index (χ0v) is 15.5. The van der Waals surface area contributed by atoms with Gasteiger partial charge in [-0.1, -0.05) is 29.3 Å². The second-order valence-electron chi connectivity index (χ2n) is 5.89. The van der Waals surface area contributed by atoms with Gasteiger partial charge in [0.25, 0.3) is 0 Å². The zero-order valence-electron chi connectivity index (χ0n) is 14.0. The number of ether oxygens (including phenoxy) is 1.